The van der Waals surface area contributed by atoms with Crippen LogP contribution in [0.4, 0.5) is 0 Å². The first-order valence-corrected chi connectivity index (χ1v) is 15.7. The maximum atomic E-state index is 12.8. The van der Waals surface area contributed by atoms with Gasteiger partial charge in [0.25, 0.3) is 0 Å². The Morgan fingerprint density at radius 2 is 1.74 bits per heavy atom. The van der Waals surface area contributed by atoms with E-state index >= 15 is 0 Å². The molecule has 0 bridgehead atoms. The van der Waals surface area contributed by atoms with E-state index in [1.54, 1.807) is 24.8 Å². The van der Waals surface area contributed by atoms with Gasteiger partial charge in [0.1, 0.15) is 11.9 Å². The molecule has 0 spiro atoms. The zero-order valence-electron chi connectivity index (χ0n) is 24.9. The van der Waals surface area contributed by atoms with Gasteiger partial charge in [-0.3, -0.25) is 0 Å². The van der Waals surface area contributed by atoms with Gasteiger partial charge >= 0.3 is 5.97 Å². The Kier molecular flexibility index (Phi) is 8.05. The maximum absolute atomic E-state index is 12.8. The fourth-order valence-electron chi connectivity index (χ4n) is 9.70. The third-order valence-corrected chi connectivity index (χ3v) is 11.9. The van der Waals surface area contributed by atoms with E-state index in [2.05, 4.69) is 40.7 Å². The lowest BCUT2D eigenvalue weighted by molar-refractivity contribution is -0.0594. The predicted molar refractivity (Wildman–Crippen MR) is 155 cm³/mol. The van der Waals surface area contributed by atoms with E-state index in [1.807, 2.05) is 12.1 Å². The molecule has 0 heterocycles. The quantitative estimate of drug-likeness (QED) is 0.253. The summed E-state index contributed by atoms with van der Waals surface area (Å²) in [7, 11) is 1.64. The molecule has 3 saturated carbocycles. The average molecular weight is 521 g/mol. The number of methoxy groups -OCH3 is 1. The standard InChI is InChI=1S/C35H52O3/c1-23(2)8-7-9-24(3)30-16-17-31-29-15-12-26-22-28(38-33(36)25-10-13-27(37-6)14-11-25)18-20-34(26,4)32(29)19-21-35(30,31)5/h10-14,23-24,28-32H,7-9,15-22H2,1-6H3/t24-,28-,29+,30-,31+,32+,34+,35-/m1/s1. The predicted octanol–water partition coefficient (Wildman–Crippen LogP) is 9.26. The number of benzene rings is 1. The minimum Gasteiger partial charge on any atom is -0.497 e. The van der Waals surface area contributed by atoms with Crippen LogP contribution in [-0.4, -0.2) is 19.2 Å². The molecule has 0 unspecified atom stereocenters. The third-order valence-electron chi connectivity index (χ3n) is 11.9. The van der Waals surface area contributed by atoms with Gasteiger partial charge in [-0.1, -0.05) is 65.5 Å². The Labute approximate surface area is 232 Å². The number of esters is 1. The first-order valence-electron chi connectivity index (χ1n) is 15.7. The fraction of sp³-hybridized carbons (Fsp3) is 0.743. The SMILES string of the molecule is COc1ccc(C(=O)O[C@@H]2CC[C@@]3(C)C(=CC[C@H]4[C@@H]5CC[C@H]([C@H](C)CCCC(C)C)[C@@]5(C)CC[C@@H]43)C2)cc1. The van der Waals surface area contributed by atoms with Crippen LogP contribution in [0.1, 0.15) is 116 Å². The number of carbonyl (C=O) groups excluding carboxylic acids is 1. The molecule has 3 nitrogen and oxygen atoms in total. The van der Waals surface area contributed by atoms with Crippen molar-refractivity contribution in [3.05, 3.63) is 41.5 Å². The Morgan fingerprint density at radius 3 is 2.45 bits per heavy atom. The number of ether oxygens (including phenoxy) is 2. The number of hydrogen-bond donors (Lipinski definition) is 0. The van der Waals surface area contributed by atoms with Crippen LogP contribution in [0.5, 0.6) is 5.75 Å². The Morgan fingerprint density at radius 1 is 0.974 bits per heavy atom. The van der Waals surface area contributed by atoms with Crippen LogP contribution in [0.3, 0.4) is 0 Å². The van der Waals surface area contributed by atoms with Gasteiger partial charge in [0.15, 0.2) is 0 Å². The van der Waals surface area contributed by atoms with E-state index in [1.165, 1.54) is 51.4 Å². The summed E-state index contributed by atoms with van der Waals surface area (Å²) in [5, 5.41) is 0. The zero-order chi connectivity index (χ0) is 27.1. The molecular formula is C35H52O3. The molecule has 1 aromatic rings. The van der Waals surface area contributed by atoms with Crippen molar-refractivity contribution in [2.24, 2.45) is 46.3 Å². The van der Waals surface area contributed by atoms with Crippen molar-refractivity contribution in [1.82, 2.24) is 0 Å². The molecule has 1 aromatic carbocycles. The molecule has 5 rings (SSSR count). The van der Waals surface area contributed by atoms with E-state index in [0.717, 1.165) is 60.5 Å². The van der Waals surface area contributed by atoms with Gasteiger partial charge < -0.3 is 9.47 Å². The second kappa shape index (κ2) is 11.0. The third kappa shape index (κ3) is 5.08. The van der Waals surface area contributed by atoms with Gasteiger partial charge in [-0.05, 0) is 116 Å². The molecule has 8 atom stereocenters. The molecule has 0 N–H and O–H groups in total. The second-order valence-electron chi connectivity index (χ2n) is 14.3. The van der Waals surface area contributed by atoms with E-state index in [9.17, 15) is 4.79 Å². The first kappa shape index (κ1) is 27.8. The molecule has 0 saturated heterocycles. The van der Waals surface area contributed by atoms with E-state index in [0.29, 0.717) is 11.0 Å². The van der Waals surface area contributed by atoms with Crippen molar-refractivity contribution in [1.29, 1.82) is 0 Å². The number of allylic oxidation sites excluding steroid dienone is 1. The number of fused-ring (bicyclic) bond motifs is 5. The smallest absolute Gasteiger partial charge is 0.338 e. The van der Waals surface area contributed by atoms with Crippen molar-refractivity contribution in [3.8, 4) is 5.75 Å². The summed E-state index contributed by atoms with van der Waals surface area (Å²) < 4.78 is 11.3. The molecule has 3 heteroatoms. The molecule has 0 aliphatic heterocycles. The van der Waals surface area contributed by atoms with Crippen LogP contribution < -0.4 is 4.74 Å². The van der Waals surface area contributed by atoms with Gasteiger partial charge in [-0.15, -0.1) is 0 Å². The van der Waals surface area contributed by atoms with Crippen molar-refractivity contribution in [2.75, 3.05) is 7.11 Å². The van der Waals surface area contributed by atoms with Crippen LogP contribution in [0.2, 0.25) is 0 Å². The van der Waals surface area contributed by atoms with E-state index < -0.39 is 0 Å². The normalized spacial score (nSPS) is 37.0. The highest BCUT2D eigenvalue weighted by atomic mass is 16.5. The summed E-state index contributed by atoms with van der Waals surface area (Å²) in [6.07, 6.45) is 16.8. The minimum absolute atomic E-state index is 0.00289. The molecule has 3 fully saturated rings. The molecule has 4 aliphatic carbocycles. The molecule has 0 amide bonds. The van der Waals surface area contributed by atoms with Crippen molar-refractivity contribution in [2.45, 2.75) is 111 Å². The first-order chi connectivity index (χ1) is 18.2. The molecule has 38 heavy (non-hydrogen) atoms. The van der Waals surface area contributed by atoms with Gasteiger partial charge in [0, 0.05) is 6.42 Å². The fourth-order valence-corrected chi connectivity index (χ4v) is 9.70. The highest BCUT2D eigenvalue weighted by Gasteiger charge is 2.59. The molecule has 210 valence electrons. The number of hydrogen-bond acceptors (Lipinski definition) is 3. The topological polar surface area (TPSA) is 35.5 Å². The summed E-state index contributed by atoms with van der Waals surface area (Å²) in [6, 6.07) is 7.26. The Balaban J connectivity index is 1.24. The summed E-state index contributed by atoms with van der Waals surface area (Å²) in [5.41, 5.74) is 3.01. The lowest BCUT2D eigenvalue weighted by Gasteiger charge is -2.58. The summed E-state index contributed by atoms with van der Waals surface area (Å²) in [6.45, 7) is 12.5. The van der Waals surface area contributed by atoms with Crippen LogP contribution >= 0.6 is 0 Å². The van der Waals surface area contributed by atoms with Gasteiger partial charge in [0.2, 0.25) is 0 Å². The lowest BCUT2D eigenvalue weighted by atomic mass is 9.47. The number of rotatable bonds is 8. The Hall–Kier alpha value is -1.77. The highest BCUT2D eigenvalue weighted by Crippen LogP contribution is 2.67. The maximum Gasteiger partial charge on any atom is 0.338 e. The van der Waals surface area contributed by atoms with Crippen LogP contribution in [0, 0.1) is 46.3 Å². The van der Waals surface area contributed by atoms with Gasteiger partial charge in [-0.25, -0.2) is 4.79 Å². The molecule has 0 aromatic heterocycles. The monoisotopic (exact) mass is 520 g/mol. The van der Waals surface area contributed by atoms with Gasteiger partial charge in [-0.2, -0.15) is 0 Å². The van der Waals surface area contributed by atoms with Crippen LogP contribution in [-0.2, 0) is 4.74 Å². The molecule has 4 aliphatic rings. The zero-order valence-corrected chi connectivity index (χ0v) is 24.9. The average Bonchev–Trinajstić information content (AvgIpc) is 3.26. The van der Waals surface area contributed by atoms with Crippen molar-refractivity contribution in [3.63, 3.8) is 0 Å². The minimum atomic E-state index is -0.205. The summed E-state index contributed by atoms with van der Waals surface area (Å²) >= 11 is 0. The van der Waals surface area contributed by atoms with E-state index in [4.69, 9.17) is 9.47 Å². The number of carbonyl (C=O) groups is 1. The van der Waals surface area contributed by atoms with Crippen molar-refractivity contribution < 1.29 is 14.3 Å². The molecular weight excluding hydrogens is 468 g/mol. The highest BCUT2D eigenvalue weighted by molar-refractivity contribution is 5.89. The largest absolute Gasteiger partial charge is 0.497 e. The molecule has 0 radical (unpaired) electrons. The lowest BCUT2D eigenvalue weighted by Crippen LogP contribution is -2.51. The second-order valence-corrected chi connectivity index (χ2v) is 14.3. The van der Waals surface area contributed by atoms with Crippen LogP contribution in [0.25, 0.3) is 0 Å². The van der Waals surface area contributed by atoms with E-state index in [-0.39, 0.29) is 17.5 Å². The van der Waals surface area contributed by atoms with Crippen LogP contribution in [0.15, 0.2) is 35.9 Å². The van der Waals surface area contributed by atoms with Gasteiger partial charge in [0.05, 0.1) is 12.7 Å². The Bertz CT molecular complexity index is 1010. The van der Waals surface area contributed by atoms with Crippen molar-refractivity contribution >= 4 is 5.97 Å². The summed E-state index contributed by atoms with van der Waals surface area (Å²) in [4.78, 5) is 12.8. The summed E-state index contributed by atoms with van der Waals surface area (Å²) in [5.74, 6) is 5.68.